The van der Waals surface area contributed by atoms with E-state index >= 15 is 0 Å². The zero-order valence-corrected chi connectivity index (χ0v) is 13.0. The SMILES string of the molecule is NC(=O)C1CN(c2ccc(Cl)c(-c3nc4ccccc4[nH]3)c2)C1. The Kier molecular flexibility index (Phi) is 3.23. The number of anilines is 1. The molecule has 6 heteroatoms. The molecule has 116 valence electrons. The fourth-order valence-electron chi connectivity index (χ4n) is 2.84. The van der Waals surface area contributed by atoms with E-state index in [-0.39, 0.29) is 11.8 Å². The van der Waals surface area contributed by atoms with Gasteiger partial charge in [-0.15, -0.1) is 0 Å². The van der Waals surface area contributed by atoms with Crippen LogP contribution in [0.15, 0.2) is 42.5 Å². The number of carbonyl (C=O) groups is 1. The van der Waals surface area contributed by atoms with Gasteiger partial charge in [0.05, 0.1) is 22.0 Å². The summed E-state index contributed by atoms with van der Waals surface area (Å²) in [6, 6.07) is 13.7. The van der Waals surface area contributed by atoms with Gasteiger partial charge in [0, 0.05) is 24.3 Å². The number of nitrogens with two attached hydrogens (primary N) is 1. The first-order valence-corrected chi connectivity index (χ1v) is 7.78. The molecule has 2 heterocycles. The van der Waals surface area contributed by atoms with Crippen LogP contribution >= 0.6 is 11.6 Å². The van der Waals surface area contributed by atoms with E-state index in [1.807, 2.05) is 42.5 Å². The van der Waals surface area contributed by atoms with Gasteiger partial charge in [0.2, 0.25) is 5.91 Å². The Balaban J connectivity index is 1.68. The molecule has 5 nitrogen and oxygen atoms in total. The van der Waals surface area contributed by atoms with Crippen LogP contribution in [0.4, 0.5) is 5.69 Å². The summed E-state index contributed by atoms with van der Waals surface area (Å²) < 4.78 is 0. The minimum Gasteiger partial charge on any atom is -0.370 e. The van der Waals surface area contributed by atoms with Gasteiger partial charge >= 0.3 is 0 Å². The first-order chi connectivity index (χ1) is 11.1. The molecule has 0 spiro atoms. The molecule has 3 N–H and O–H groups in total. The topological polar surface area (TPSA) is 75.0 Å². The van der Waals surface area contributed by atoms with Crippen molar-refractivity contribution in [3.63, 3.8) is 0 Å². The molecular weight excluding hydrogens is 312 g/mol. The minimum atomic E-state index is -0.243. The third kappa shape index (κ3) is 2.43. The molecule has 1 aromatic heterocycles. The Morgan fingerprint density at radius 1 is 1.26 bits per heavy atom. The molecule has 1 saturated heterocycles. The lowest BCUT2D eigenvalue weighted by Gasteiger charge is -2.39. The van der Waals surface area contributed by atoms with Crippen LogP contribution in [0.1, 0.15) is 0 Å². The second-order valence-corrected chi connectivity index (χ2v) is 6.18. The number of fused-ring (bicyclic) bond motifs is 1. The van der Waals surface area contributed by atoms with E-state index in [4.69, 9.17) is 17.3 Å². The smallest absolute Gasteiger partial charge is 0.224 e. The van der Waals surface area contributed by atoms with Gasteiger partial charge in [-0.1, -0.05) is 23.7 Å². The maximum atomic E-state index is 11.2. The number of nitrogens with zero attached hydrogens (tertiary/aromatic N) is 2. The van der Waals surface area contributed by atoms with Crippen LogP contribution in [0.2, 0.25) is 5.02 Å². The van der Waals surface area contributed by atoms with Crippen molar-refractivity contribution >= 4 is 34.2 Å². The van der Waals surface area contributed by atoms with Crippen molar-refractivity contribution in [2.24, 2.45) is 11.7 Å². The summed E-state index contributed by atoms with van der Waals surface area (Å²) >= 11 is 6.35. The number of para-hydroxylation sites is 2. The lowest BCUT2D eigenvalue weighted by Crippen LogP contribution is -2.52. The molecule has 0 bridgehead atoms. The monoisotopic (exact) mass is 326 g/mol. The van der Waals surface area contributed by atoms with Crippen LogP contribution in [0.5, 0.6) is 0 Å². The molecule has 0 radical (unpaired) electrons. The van der Waals surface area contributed by atoms with Gasteiger partial charge in [-0.25, -0.2) is 4.98 Å². The first-order valence-electron chi connectivity index (χ1n) is 7.41. The third-order valence-electron chi connectivity index (χ3n) is 4.24. The molecule has 1 aliphatic heterocycles. The highest BCUT2D eigenvalue weighted by molar-refractivity contribution is 6.33. The van der Waals surface area contributed by atoms with Crippen molar-refractivity contribution in [2.45, 2.75) is 0 Å². The lowest BCUT2D eigenvalue weighted by molar-refractivity contribution is -0.122. The third-order valence-corrected chi connectivity index (χ3v) is 4.57. The van der Waals surface area contributed by atoms with E-state index in [1.54, 1.807) is 0 Å². The van der Waals surface area contributed by atoms with Crippen LogP contribution in [0.3, 0.4) is 0 Å². The zero-order chi connectivity index (χ0) is 16.0. The fourth-order valence-corrected chi connectivity index (χ4v) is 3.05. The van der Waals surface area contributed by atoms with Gasteiger partial charge in [-0.2, -0.15) is 0 Å². The van der Waals surface area contributed by atoms with Gasteiger partial charge in [0.1, 0.15) is 5.82 Å². The van der Waals surface area contributed by atoms with E-state index < -0.39 is 0 Å². The number of halogens is 1. The van der Waals surface area contributed by atoms with Crippen molar-refractivity contribution in [1.29, 1.82) is 0 Å². The maximum Gasteiger partial charge on any atom is 0.224 e. The molecule has 0 saturated carbocycles. The van der Waals surface area contributed by atoms with Crippen LogP contribution < -0.4 is 10.6 Å². The number of carbonyl (C=O) groups excluding carboxylic acids is 1. The number of amides is 1. The van der Waals surface area contributed by atoms with Crippen molar-refractivity contribution in [3.05, 3.63) is 47.5 Å². The van der Waals surface area contributed by atoms with Gasteiger partial charge in [0.15, 0.2) is 0 Å². The average molecular weight is 327 g/mol. The normalized spacial score (nSPS) is 14.9. The number of benzene rings is 2. The Hall–Kier alpha value is -2.53. The molecule has 0 atom stereocenters. The largest absolute Gasteiger partial charge is 0.370 e. The molecule has 1 aliphatic rings. The Morgan fingerprint density at radius 2 is 2.04 bits per heavy atom. The highest BCUT2D eigenvalue weighted by atomic mass is 35.5. The van der Waals surface area contributed by atoms with E-state index in [0.717, 1.165) is 28.1 Å². The number of imidazole rings is 1. The van der Waals surface area contributed by atoms with Crippen molar-refractivity contribution in [2.75, 3.05) is 18.0 Å². The van der Waals surface area contributed by atoms with E-state index in [1.165, 1.54) is 0 Å². The molecule has 3 aromatic rings. The van der Waals surface area contributed by atoms with Gasteiger partial charge in [-0.05, 0) is 30.3 Å². The Morgan fingerprint density at radius 3 is 2.78 bits per heavy atom. The van der Waals surface area contributed by atoms with Gasteiger partial charge in [0.25, 0.3) is 0 Å². The summed E-state index contributed by atoms with van der Waals surface area (Å²) in [5.74, 6) is 0.429. The van der Waals surface area contributed by atoms with Crippen LogP contribution in [0, 0.1) is 5.92 Å². The molecule has 1 fully saturated rings. The van der Waals surface area contributed by atoms with Crippen molar-refractivity contribution in [1.82, 2.24) is 9.97 Å². The molecule has 0 aliphatic carbocycles. The fraction of sp³-hybridized carbons (Fsp3) is 0.176. The zero-order valence-electron chi connectivity index (χ0n) is 12.3. The summed E-state index contributed by atoms with van der Waals surface area (Å²) in [4.78, 5) is 21.2. The van der Waals surface area contributed by atoms with E-state index in [9.17, 15) is 4.79 Å². The van der Waals surface area contributed by atoms with E-state index in [2.05, 4.69) is 14.9 Å². The molecular formula is C17H15ClN4O. The molecule has 0 unspecified atom stereocenters. The summed E-state index contributed by atoms with van der Waals surface area (Å²) in [5, 5.41) is 0.639. The number of aromatic amines is 1. The van der Waals surface area contributed by atoms with Crippen LogP contribution in [-0.2, 0) is 4.79 Å². The van der Waals surface area contributed by atoms with Crippen LogP contribution in [-0.4, -0.2) is 29.0 Å². The maximum absolute atomic E-state index is 11.2. The molecule has 4 rings (SSSR count). The van der Waals surface area contributed by atoms with Crippen molar-refractivity contribution in [3.8, 4) is 11.4 Å². The lowest BCUT2D eigenvalue weighted by atomic mass is 9.98. The predicted octanol–water partition coefficient (Wildman–Crippen LogP) is 2.80. The summed E-state index contributed by atoms with van der Waals surface area (Å²) in [5.41, 5.74) is 9.07. The number of hydrogen-bond acceptors (Lipinski definition) is 3. The summed E-state index contributed by atoms with van der Waals surface area (Å²) in [6.07, 6.45) is 0. The van der Waals surface area contributed by atoms with Crippen molar-refractivity contribution < 1.29 is 4.79 Å². The summed E-state index contributed by atoms with van der Waals surface area (Å²) in [6.45, 7) is 1.30. The molecule has 2 aromatic carbocycles. The Labute approximate surface area is 138 Å². The number of hydrogen-bond donors (Lipinski definition) is 2. The number of rotatable bonds is 3. The first kappa shape index (κ1) is 14.1. The van der Waals surface area contributed by atoms with Crippen LogP contribution in [0.25, 0.3) is 22.4 Å². The standard InChI is InChI=1S/C17H15ClN4O/c18-13-6-5-11(22-8-10(9-22)16(19)23)7-12(13)17-20-14-3-1-2-4-15(14)21-17/h1-7,10H,8-9H2,(H2,19,23)(H,20,21). The summed E-state index contributed by atoms with van der Waals surface area (Å²) in [7, 11) is 0. The molecule has 1 amide bonds. The van der Waals surface area contributed by atoms with E-state index in [0.29, 0.717) is 18.1 Å². The molecule has 23 heavy (non-hydrogen) atoms. The average Bonchev–Trinajstić information content (AvgIpc) is 2.90. The number of primary amides is 1. The predicted molar refractivity (Wildman–Crippen MR) is 91.4 cm³/mol. The second kappa shape index (κ2) is 5.28. The minimum absolute atomic E-state index is 0.0691. The quantitative estimate of drug-likeness (QED) is 0.777. The van der Waals surface area contributed by atoms with Gasteiger partial charge in [-0.3, -0.25) is 4.79 Å². The number of nitrogens with one attached hydrogen (secondary N) is 1. The second-order valence-electron chi connectivity index (χ2n) is 5.77. The van der Waals surface area contributed by atoms with Gasteiger partial charge < -0.3 is 15.6 Å². The highest BCUT2D eigenvalue weighted by Gasteiger charge is 2.31. The number of aromatic nitrogens is 2. The Bertz CT molecular complexity index is 865. The highest BCUT2D eigenvalue weighted by Crippen LogP contribution is 2.33. The number of H-pyrrole nitrogens is 1.